The molecule has 0 radical (unpaired) electrons. The van der Waals surface area contributed by atoms with Crippen LogP contribution in [0.2, 0.25) is 0 Å². The first-order chi connectivity index (χ1) is 2.00. The van der Waals surface area contributed by atoms with Crippen molar-refractivity contribution in [1.82, 2.24) is 0 Å². The van der Waals surface area contributed by atoms with Crippen molar-refractivity contribution in [2.45, 2.75) is 0 Å². The van der Waals surface area contributed by atoms with Gasteiger partial charge in [-0.2, -0.15) is 0 Å². The molecule has 0 rings (SSSR count). The van der Waals surface area contributed by atoms with Crippen LogP contribution in [-0.2, 0) is 16.5 Å². The SMILES string of the molecule is C[P](C)(O)=[V]. The maximum absolute atomic E-state index is 8.60. The molecule has 0 saturated carbocycles. The topological polar surface area (TPSA) is 20.2 Å². The van der Waals surface area contributed by atoms with E-state index in [2.05, 4.69) is 16.5 Å². The van der Waals surface area contributed by atoms with Gasteiger partial charge < -0.3 is 0 Å². The van der Waals surface area contributed by atoms with E-state index in [0.29, 0.717) is 0 Å². The van der Waals surface area contributed by atoms with Crippen molar-refractivity contribution in [1.29, 1.82) is 0 Å². The predicted molar refractivity (Wildman–Crippen MR) is 21.0 cm³/mol. The van der Waals surface area contributed by atoms with Crippen LogP contribution in [0.5, 0.6) is 0 Å². The minimum absolute atomic E-state index is 1.45. The van der Waals surface area contributed by atoms with Crippen LogP contribution in [0, 0.1) is 0 Å². The molecule has 0 atom stereocenters. The van der Waals surface area contributed by atoms with Gasteiger partial charge in [-0.1, -0.05) is 0 Å². The Morgan fingerprint density at radius 1 is 1.60 bits per heavy atom. The normalized spacial score (nSPS) is 11.6. The van der Waals surface area contributed by atoms with Crippen molar-refractivity contribution in [2.24, 2.45) is 0 Å². The van der Waals surface area contributed by atoms with Crippen LogP contribution in [0.1, 0.15) is 0 Å². The molecule has 1 N–H and O–H groups in total. The summed E-state index contributed by atoms with van der Waals surface area (Å²) in [6, 6.07) is 0. The van der Waals surface area contributed by atoms with E-state index in [-0.39, 0.29) is 0 Å². The second-order valence-electron chi connectivity index (χ2n) is 1.34. The van der Waals surface area contributed by atoms with Crippen LogP contribution >= 0.6 is 5.51 Å². The third-order valence-corrected chi connectivity index (χ3v) is 0. The van der Waals surface area contributed by atoms with Crippen molar-refractivity contribution in [2.75, 3.05) is 13.3 Å². The molecule has 0 fully saturated rings. The van der Waals surface area contributed by atoms with E-state index in [0.717, 1.165) is 0 Å². The fourth-order valence-electron chi connectivity index (χ4n) is 0. The van der Waals surface area contributed by atoms with Crippen molar-refractivity contribution in [3.63, 3.8) is 0 Å². The molecule has 31 valence electrons. The standard InChI is InChI=1S/C2H7OP.V/c1-4(2)3;/h3H,1-2H3;. The van der Waals surface area contributed by atoms with Crippen molar-refractivity contribution in [3.8, 4) is 0 Å². The van der Waals surface area contributed by atoms with Gasteiger partial charge in [0.25, 0.3) is 0 Å². The van der Waals surface area contributed by atoms with Gasteiger partial charge in [-0.15, -0.1) is 0 Å². The molecule has 0 bridgehead atoms. The molecule has 0 aliphatic carbocycles. The Balaban J connectivity index is 3.47. The van der Waals surface area contributed by atoms with Crippen molar-refractivity contribution in [3.05, 3.63) is 0 Å². The van der Waals surface area contributed by atoms with Gasteiger partial charge in [0.15, 0.2) is 0 Å². The Morgan fingerprint density at radius 2 is 1.60 bits per heavy atom. The van der Waals surface area contributed by atoms with Crippen molar-refractivity contribution < 1.29 is 21.4 Å². The van der Waals surface area contributed by atoms with Gasteiger partial charge in [0.1, 0.15) is 0 Å². The first-order valence-corrected chi connectivity index (χ1v) is 5.76. The van der Waals surface area contributed by atoms with Gasteiger partial charge in [0.05, 0.1) is 0 Å². The van der Waals surface area contributed by atoms with E-state index in [9.17, 15) is 0 Å². The third kappa shape index (κ3) is 46.4. The maximum atomic E-state index is 8.60. The zero-order valence-electron chi connectivity index (χ0n) is 3.34. The fraction of sp³-hybridized carbons (Fsp3) is 1.00. The molecule has 0 aromatic rings. The second kappa shape index (κ2) is 1.62. The van der Waals surface area contributed by atoms with Crippen molar-refractivity contribution >= 4 is 5.51 Å². The Kier molecular flexibility index (Phi) is 1.93. The molecule has 3 heteroatoms. The van der Waals surface area contributed by atoms with Crippen LogP contribution in [0.25, 0.3) is 0 Å². The summed E-state index contributed by atoms with van der Waals surface area (Å²) < 4.78 is 0. The van der Waals surface area contributed by atoms with Gasteiger partial charge in [-0.25, -0.2) is 0 Å². The Bertz CT molecular complexity index is 55.8. The Hall–Kier alpha value is 0.974. The van der Waals surface area contributed by atoms with Gasteiger partial charge >= 0.3 is 40.2 Å². The van der Waals surface area contributed by atoms with E-state index < -0.39 is 5.51 Å². The molecule has 5 heavy (non-hydrogen) atoms. The van der Waals surface area contributed by atoms with Gasteiger partial charge in [-0.3, -0.25) is 0 Å². The molecule has 1 nitrogen and oxygen atoms in total. The first kappa shape index (κ1) is 5.97. The summed E-state index contributed by atoms with van der Waals surface area (Å²) in [7, 11) is 0. The van der Waals surface area contributed by atoms with E-state index >= 15 is 0 Å². The molecule has 0 spiro atoms. The molecule has 0 aliphatic heterocycles. The summed E-state index contributed by atoms with van der Waals surface area (Å²) in [5.74, 6) is 0. The molecule has 0 heterocycles. The van der Waals surface area contributed by atoms with Crippen LogP contribution in [-0.4, -0.2) is 18.2 Å². The number of hydrogen-bond acceptors (Lipinski definition) is 1. The summed E-state index contributed by atoms with van der Waals surface area (Å²) >= 11 is 2.25. The summed E-state index contributed by atoms with van der Waals surface area (Å²) in [6.07, 6.45) is 0. The summed E-state index contributed by atoms with van der Waals surface area (Å²) in [5.41, 5.74) is -1.45. The Morgan fingerprint density at radius 3 is 1.60 bits per heavy atom. The average molecular weight is 129 g/mol. The predicted octanol–water partition coefficient (Wildman–Crippen LogP) is 0.633. The minimum atomic E-state index is -1.45. The summed E-state index contributed by atoms with van der Waals surface area (Å²) in [6.45, 7) is 3.65. The van der Waals surface area contributed by atoms with Gasteiger partial charge in [0, 0.05) is 0 Å². The van der Waals surface area contributed by atoms with E-state index in [1.807, 2.05) is 13.3 Å². The van der Waals surface area contributed by atoms with Crippen LogP contribution in [0.15, 0.2) is 0 Å². The fourth-order valence-corrected chi connectivity index (χ4v) is 0. The molecule has 0 aliphatic rings. The monoisotopic (exact) mass is 129 g/mol. The van der Waals surface area contributed by atoms with Crippen LogP contribution < -0.4 is 0 Å². The molecule has 0 aromatic heterocycles. The molecule has 0 saturated heterocycles. The molecular formula is C2H7OPV. The molecule has 0 amide bonds. The zero-order valence-corrected chi connectivity index (χ0v) is 5.63. The molecule has 0 aromatic carbocycles. The quantitative estimate of drug-likeness (QED) is 0.475. The van der Waals surface area contributed by atoms with Gasteiger partial charge in [-0.05, 0) is 0 Å². The molecular weight excluding hydrogens is 122 g/mol. The van der Waals surface area contributed by atoms with E-state index in [4.69, 9.17) is 4.89 Å². The van der Waals surface area contributed by atoms with Crippen LogP contribution in [0.3, 0.4) is 0 Å². The summed E-state index contributed by atoms with van der Waals surface area (Å²) in [4.78, 5) is 8.60. The first-order valence-electron chi connectivity index (χ1n) is 1.29. The second-order valence-corrected chi connectivity index (χ2v) is 8.60. The zero-order chi connectivity index (χ0) is 4.50. The molecule has 0 unspecified atom stereocenters. The Labute approximate surface area is 40.8 Å². The summed E-state index contributed by atoms with van der Waals surface area (Å²) in [5, 5.41) is 0. The van der Waals surface area contributed by atoms with E-state index in [1.54, 1.807) is 0 Å². The van der Waals surface area contributed by atoms with E-state index in [1.165, 1.54) is 0 Å². The van der Waals surface area contributed by atoms with Crippen LogP contribution in [0.4, 0.5) is 0 Å². The third-order valence-electron chi connectivity index (χ3n) is 0. The van der Waals surface area contributed by atoms with Gasteiger partial charge in [0.2, 0.25) is 0 Å². The number of rotatable bonds is 0. The average Bonchev–Trinajstić information content (AvgIpc) is 0.722. The number of hydrogen-bond donors (Lipinski definition) is 1.